The summed E-state index contributed by atoms with van der Waals surface area (Å²) < 4.78 is 5.59. The zero-order valence-corrected chi connectivity index (χ0v) is 16.6. The van der Waals surface area contributed by atoms with E-state index in [0.717, 1.165) is 16.0 Å². The van der Waals surface area contributed by atoms with E-state index in [-0.39, 0.29) is 17.7 Å². The Bertz CT molecular complexity index is 1130. The van der Waals surface area contributed by atoms with E-state index in [0.29, 0.717) is 17.1 Å². The van der Waals surface area contributed by atoms with Gasteiger partial charge >= 0.3 is 0 Å². The van der Waals surface area contributed by atoms with Crippen molar-refractivity contribution in [2.75, 3.05) is 16.8 Å². The maximum Gasteiger partial charge on any atom is 0.268 e. The molecule has 1 heterocycles. The van der Waals surface area contributed by atoms with Gasteiger partial charge in [0.15, 0.2) is 6.61 Å². The summed E-state index contributed by atoms with van der Waals surface area (Å²) in [4.78, 5) is 39.3. The van der Waals surface area contributed by atoms with Crippen LogP contribution in [0.5, 0.6) is 5.75 Å². The lowest BCUT2D eigenvalue weighted by atomic mass is 10.1. The average molecular weight is 400 g/mol. The molecule has 0 radical (unpaired) electrons. The van der Waals surface area contributed by atoms with Crippen molar-refractivity contribution in [3.8, 4) is 5.75 Å². The number of amides is 3. The van der Waals surface area contributed by atoms with Crippen LogP contribution in [0.4, 0.5) is 11.4 Å². The fraction of sp³-hybridized carbons (Fsp3) is 0.125. The van der Waals surface area contributed by atoms with Crippen LogP contribution < -0.4 is 15.0 Å². The van der Waals surface area contributed by atoms with Gasteiger partial charge in [0.05, 0.1) is 22.5 Å². The number of nitrogens with one attached hydrogen (secondary N) is 1. The van der Waals surface area contributed by atoms with Crippen molar-refractivity contribution in [3.63, 3.8) is 0 Å². The summed E-state index contributed by atoms with van der Waals surface area (Å²) in [7, 11) is 0. The van der Waals surface area contributed by atoms with Gasteiger partial charge in [-0.25, -0.2) is 4.90 Å². The van der Waals surface area contributed by atoms with Gasteiger partial charge in [-0.05, 0) is 61.4 Å². The number of aryl methyl sites for hydroxylation is 2. The molecule has 0 atom stereocenters. The van der Waals surface area contributed by atoms with Crippen molar-refractivity contribution in [2.24, 2.45) is 0 Å². The second kappa shape index (κ2) is 7.83. The van der Waals surface area contributed by atoms with Crippen LogP contribution in [-0.2, 0) is 4.79 Å². The SMILES string of the molecule is Cc1cc(C)cc(OCC(=O)Nc2cccc3c2C(=O)N(c2ccccc2)C3=O)c1. The van der Waals surface area contributed by atoms with E-state index in [1.807, 2.05) is 38.1 Å². The Hall–Kier alpha value is -3.93. The van der Waals surface area contributed by atoms with Gasteiger partial charge in [0.2, 0.25) is 0 Å². The molecule has 0 saturated carbocycles. The molecular formula is C24H20N2O4. The van der Waals surface area contributed by atoms with Gasteiger partial charge in [-0.15, -0.1) is 0 Å². The number of para-hydroxylation sites is 1. The third kappa shape index (κ3) is 3.67. The predicted octanol–water partition coefficient (Wildman–Crippen LogP) is 4.12. The third-order valence-corrected chi connectivity index (χ3v) is 4.77. The zero-order chi connectivity index (χ0) is 21.3. The molecule has 150 valence electrons. The van der Waals surface area contributed by atoms with Gasteiger partial charge < -0.3 is 10.1 Å². The highest BCUT2D eigenvalue weighted by Gasteiger charge is 2.38. The van der Waals surface area contributed by atoms with Crippen LogP contribution in [-0.4, -0.2) is 24.3 Å². The minimum Gasteiger partial charge on any atom is -0.484 e. The van der Waals surface area contributed by atoms with Crippen molar-refractivity contribution < 1.29 is 19.1 Å². The highest BCUT2D eigenvalue weighted by Crippen LogP contribution is 2.32. The highest BCUT2D eigenvalue weighted by molar-refractivity contribution is 6.36. The number of carbonyl (C=O) groups is 3. The molecule has 0 fully saturated rings. The topological polar surface area (TPSA) is 75.7 Å². The lowest BCUT2D eigenvalue weighted by Gasteiger charge is -2.14. The number of fused-ring (bicyclic) bond motifs is 1. The molecule has 0 aromatic heterocycles. The number of imide groups is 1. The summed E-state index contributed by atoms with van der Waals surface area (Å²) in [6.45, 7) is 3.69. The number of hydrogen-bond donors (Lipinski definition) is 1. The maximum atomic E-state index is 13.0. The van der Waals surface area contributed by atoms with Crippen LogP contribution in [0.1, 0.15) is 31.8 Å². The molecule has 0 unspecified atom stereocenters. The number of ether oxygens (including phenoxy) is 1. The molecule has 3 aromatic carbocycles. The van der Waals surface area contributed by atoms with Gasteiger partial charge in [-0.2, -0.15) is 0 Å². The van der Waals surface area contributed by atoms with Gasteiger partial charge in [0.1, 0.15) is 5.75 Å². The molecule has 0 bridgehead atoms. The molecule has 1 N–H and O–H groups in total. The lowest BCUT2D eigenvalue weighted by Crippen LogP contribution is -2.29. The van der Waals surface area contributed by atoms with E-state index < -0.39 is 17.7 Å². The summed E-state index contributed by atoms with van der Waals surface area (Å²) in [5, 5.41) is 2.70. The molecule has 3 amide bonds. The van der Waals surface area contributed by atoms with Gasteiger partial charge in [0.25, 0.3) is 17.7 Å². The van der Waals surface area contributed by atoms with Crippen LogP contribution in [0.25, 0.3) is 0 Å². The monoisotopic (exact) mass is 400 g/mol. The first kappa shape index (κ1) is 19.4. The summed E-state index contributed by atoms with van der Waals surface area (Å²) in [6, 6.07) is 19.2. The minimum absolute atomic E-state index is 0.186. The quantitative estimate of drug-likeness (QED) is 0.654. The zero-order valence-electron chi connectivity index (χ0n) is 16.6. The van der Waals surface area contributed by atoms with E-state index in [9.17, 15) is 14.4 Å². The van der Waals surface area contributed by atoms with Crippen molar-refractivity contribution in [1.29, 1.82) is 0 Å². The molecule has 6 nitrogen and oxygen atoms in total. The predicted molar refractivity (Wildman–Crippen MR) is 114 cm³/mol. The number of anilines is 2. The van der Waals surface area contributed by atoms with E-state index in [1.54, 1.807) is 42.5 Å². The van der Waals surface area contributed by atoms with Crippen LogP contribution in [0.15, 0.2) is 66.7 Å². The lowest BCUT2D eigenvalue weighted by molar-refractivity contribution is -0.118. The molecule has 0 saturated heterocycles. The van der Waals surface area contributed by atoms with Crippen LogP contribution in [0, 0.1) is 13.8 Å². The first-order valence-electron chi connectivity index (χ1n) is 9.52. The molecule has 1 aliphatic heterocycles. The smallest absolute Gasteiger partial charge is 0.268 e. The second-order valence-corrected chi connectivity index (χ2v) is 7.17. The van der Waals surface area contributed by atoms with Crippen LogP contribution in [0.2, 0.25) is 0 Å². The maximum absolute atomic E-state index is 13.0. The van der Waals surface area contributed by atoms with Crippen LogP contribution in [0.3, 0.4) is 0 Å². The van der Waals surface area contributed by atoms with E-state index in [1.165, 1.54) is 0 Å². The van der Waals surface area contributed by atoms with Crippen molar-refractivity contribution >= 4 is 29.1 Å². The summed E-state index contributed by atoms with van der Waals surface area (Å²) >= 11 is 0. The fourth-order valence-electron chi connectivity index (χ4n) is 3.55. The van der Waals surface area contributed by atoms with Crippen molar-refractivity contribution in [2.45, 2.75) is 13.8 Å². The minimum atomic E-state index is -0.465. The summed E-state index contributed by atoms with van der Waals surface area (Å²) in [6.07, 6.45) is 0. The summed E-state index contributed by atoms with van der Waals surface area (Å²) in [5.74, 6) is -0.695. The molecule has 30 heavy (non-hydrogen) atoms. The molecule has 0 spiro atoms. The van der Waals surface area contributed by atoms with Gasteiger partial charge in [0, 0.05) is 0 Å². The van der Waals surface area contributed by atoms with E-state index in [2.05, 4.69) is 5.32 Å². The average Bonchev–Trinajstić information content (AvgIpc) is 2.98. The summed E-state index contributed by atoms with van der Waals surface area (Å²) in [5.41, 5.74) is 3.30. The Labute approximate surface area is 174 Å². The van der Waals surface area contributed by atoms with E-state index >= 15 is 0 Å². The molecule has 0 aliphatic carbocycles. The van der Waals surface area contributed by atoms with Gasteiger partial charge in [-0.1, -0.05) is 30.3 Å². The Balaban J connectivity index is 1.53. The molecule has 6 heteroatoms. The molecule has 1 aliphatic rings. The van der Waals surface area contributed by atoms with E-state index in [4.69, 9.17) is 4.74 Å². The molecule has 4 rings (SSSR count). The number of nitrogens with zero attached hydrogens (tertiary/aromatic N) is 1. The Morgan fingerprint density at radius 2 is 1.60 bits per heavy atom. The Morgan fingerprint density at radius 1 is 0.900 bits per heavy atom. The first-order valence-corrected chi connectivity index (χ1v) is 9.52. The Kier molecular flexibility index (Phi) is 5.06. The number of rotatable bonds is 5. The third-order valence-electron chi connectivity index (χ3n) is 4.77. The van der Waals surface area contributed by atoms with Crippen molar-refractivity contribution in [3.05, 3.63) is 89.0 Å². The number of carbonyl (C=O) groups excluding carboxylic acids is 3. The van der Waals surface area contributed by atoms with Crippen molar-refractivity contribution in [1.82, 2.24) is 0 Å². The normalized spacial score (nSPS) is 12.7. The first-order chi connectivity index (χ1) is 14.4. The molecule has 3 aromatic rings. The second-order valence-electron chi connectivity index (χ2n) is 7.17. The van der Waals surface area contributed by atoms with Gasteiger partial charge in [-0.3, -0.25) is 14.4 Å². The van der Waals surface area contributed by atoms with Crippen LogP contribution >= 0.6 is 0 Å². The standard InChI is InChI=1S/C24H20N2O4/c1-15-11-16(2)13-18(12-15)30-14-21(27)25-20-10-6-9-19-22(20)24(29)26(23(19)28)17-7-4-3-5-8-17/h3-13H,14H2,1-2H3,(H,25,27). The fourth-order valence-corrected chi connectivity index (χ4v) is 3.55. The highest BCUT2D eigenvalue weighted by atomic mass is 16.5. The molecular weight excluding hydrogens is 380 g/mol. The Morgan fingerprint density at radius 3 is 2.30 bits per heavy atom. The number of benzene rings is 3. The largest absolute Gasteiger partial charge is 0.484 e. The number of hydrogen-bond acceptors (Lipinski definition) is 4.